The van der Waals surface area contributed by atoms with Gasteiger partial charge in [-0.15, -0.1) is 0 Å². The summed E-state index contributed by atoms with van der Waals surface area (Å²) >= 11 is 0. The maximum absolute atomic E-state index is 5.65. The third-order valence-corrected chi connectivity index (χ3v) is 3.75. The summed E-state index contributed by atoms with van der Waals surface area (Å²) in [5, 5.41) is 3.44. The predicted octanol–water partition coefficient (Wildman–Crippen LogP) is 2.39. The molecule has 1 aromatic rings. The van der Waals surface area contributed by atoms with E-state index in [1.54, 1.807) is 6.26 Å². The summed E-state index contributed by atoms with van der Waals surface area (Å²) in [4.78, 5) is 2.39. The number of nitrogens with one attached hydrogen (secondary N) is 1. The summed E-state index contributed by atoms with van der Waals surface area (Å²) in [5.41, 5.74) is 1.27. The molecule has 0 spiro atoms. The van der Waals surface area contributed by atoms with Crippen molar-refractivity contribution in [2.75, 3.05) is 20.3 Å². The zero-order chi connectivity index (χ0) is 13.7. The first-order valence-corrected chi connectivity index (χ1v) is 7.23. The fourth-order valence-electron chi connectivity index (χ4n) is 2.46. The van der Waals surface area contributed by atoms with Crippen molar-refractivity contribution in [2.24, 2.45) is 0 Å². The molecule has 1 N–H and O–H groups in total. The van der Waals surface area contributed by atoms with E-state index in [4.69, 9.17) is 9.15 Å². The molecule has 0 unspecified atom stereocenters. The molecule has 4 nitrogen and oxygen atoms in total. The molecule has 0 atom stereocenters. The van der Waals surface area contributed by atoms with Crippen LogP contribution in [0, 0.1) is 0 Å². The molecule has 1 saturated heterocycles. The normalized spacial score (nSPS) is 17.5. The largest absolute Gasteiger partial charge is 0.468 e. The van der Waals surface area contributed by atoms with Crippen molar-refractivity contribution in [1.82, 2.24) is 10.2 Å². The Kier molecular flexibility index (Phi) is 5.43. The minimum Gasteiger partial charge on any atom is -0.468 e. The molecular weight excluding hydrogens is 240 g/mol. The van der Waals surface area contributed by atoms with Crippen molar-refractivity contribution in [2.45, 2.75) is 51.9 Å². The van der Waals surface area contributed by atoms with Crippen LogP contribution >= 0.6 is 0 Å². The van der Waals surface area contributed by atoms with Gasteiger partial charge in [-0.05, 0) is 26.0 Å². The Hall–Kier alpha value is -0.840. The average Bonchev–Trinajstić information content (AvgIpc) is 2.84. The van der Waals surface area contributed by atoms with Crippen LogP contribution in [0.3, 0.4) is 0 Å². The van der Waals surface area contributed by atoms with Crippen LogP contribution in [0.2, 0.25) is 0 Å². The minimum atomic E-state index is 0.496. The molecule has 108 valence electrons. The van der Waals surface area contributed by atoms with Gasteiger partial charge in [0.15, 0.2) is 0 Å². The van der Waals surface area contributed by atoms with Gasteiger partial charge in [-0.2, -0.15) is 0 Å². The standard InChI is InChI=1S/C15H26N2O2/c1-12(2)16-10-13-4-9-19-15(13)11-17(3)14-5-7-18-8-6-14/h4,9,12,14,16H,5-8,10-11H2,1-3H3. The minimum absolute atomic E-state index is 0.496. The summed E-state index contributed by atoms with van der Waals surface area (Å²) in [7, 11) is 2.18. The van der Waals surface area contributed by atoms with Crippen LogP contribution in [0.5, 0.6) is 0 Å². The highest BCUT2D eigenvalue weighted by Crippen LogP contribution is 2.18. The summed E-state index contributed by atoms with van der Waals surface area (Å²) in [6.07, 6.45) is 4.04. The Bertz CT molecular complexity index is 370. The lowest BCUT2D eigenvalue weighted by molar-refractivity contribution is 0.0386. The van der Waals surface area contributed by atoms with Crippen molar-refractivity contribution in [3.63, 3.8) is 0 Å². The van der Waals surface area contributed by atoms with Gasteiger partial charge in [0.05, 0.1) is 12.8 Å². The second kappa shape index (κ2) is 7.08. The smallest absolute Gasteiger partial charge is 0.122 e. The fourth-order valence-corrected chi connectivity index (χ4v) is 2.46. The molecule has 4 heteroatoms. The van der Waals surface area contributed by atoms with Gasteiger partial charge < -0.3 is 14.5 Å². The number of nitrogens with zero attached hydrogens (tertiary/aromatic N) is 1. The first-order valence-electron chi connectivity index (χ1n) is 7.23. The maximum Gasteiger partial charge on any atom is 0.122 e. The van der Waals surface area contributed by atoms with Gasteiger partial charge in [0.1, 0.15) is 5.76 Å². The average molecular weight is 266 g/mol. The Morgan fingerprint density at radius 2 is 2.11 bits per heavy atom. The van der Waals surface area contributed by atoms with E-state index in [0.29, 0.717) is 12.1 Å². The second-order valence-corrected chi connectivity index (χ2v) is 5.66. The Morgan fingerprint density at radius 3 is 2.79 bits per heavy atom. The van der Waals surface area contributed by atoms with E-state index in [2.05, 4.69) is 37.2 Å². The summed E-state index contributed by atoms with van der Waals surface area (Å²) in [6, 6.07) is 3.18. The molecule has 0 radical (unpaired) electrons. The molecule has 2 rings (SSSR count). The van der Waals surface area contributed by atoms with Crippen molar-refractivity contribution in [3.8, 4) is 0 Å². The number of hydrogen-bond acceptors (Lipinski definition) is 4. The van der Waals surface area contributed by atoms with E-state index in [9.17, 15) is 0 Å². The zero-order valence-corrected chi connectivity index (χ0v) is 12.3. The molecule has 0 aliphatic carbocycles. The molecular formula is C15H26N2O2. The molecule has 0 aromatic carbocycles. The lowest BCUT2D eigenvalue weighted by atomic mass is 10.1. The summed E-state index contributed by atoms with van der Waals surface area (Å²) in [5.74, 6) is 1.09. The Labute approximate surface area is 116 Å². The molecule has 0 saturated carbocycles. The van der Waals surface area contributed by atoms with Crippen molar-refractivity contribution < 1.29 is 9.15 Å². The van der Waals surface area contributed by atoms with E-state index >= 15 is 0 Å². The third kappa shape index (κ3) is 4.34. The summed E-state index contributed by atoms with van der Waals surface area (Å²) < 4.78 is 11.1. The van der Waals surface area contributed by atoms with Gasteiger partial charge >= 0.3 is 0 Å². The van der Waals surface area contributed by atoms with Crippen LogP contribution in [0.1, 0.15) is 38.0 Å². The second-order valence-electron chi connectivity index (χ2n) is 5.66. The molecule has 1 aliphatic heterocycles. The van der Waals surface area contributed by atoms with Crippen molar-refractivity contribution in [1.29, 1.82) is 0 Å². The SMILES string of the molecule is CC(C)NCc1ccoc1CN(C)C1CCOCC1. The molecule has 19 heavy (non-hydrogen) atoms. The van der Waals surface area contributed by atoms with Crippen molar-refractivity contribution in [3.05, 3.63) is 23.7 Å². The van der Waals surface area contributed by atoms with Gasteiger partial charge in [-0.3, -0.25) is 4.90 Å². The van der Waals surface area contributed by atoms with Gasteiger partial charge in [0, 0.05) is 37.4 Å². The molecule has 1 fully saturated rings. The van der Waals surface area contributed by atoms with Gasteiger partial charge in [-0.25, -0.2) is 0 Å². The van der Waals surface area contributed by atoms with Crippen LogP contribution in [-0.2, 0) is 17.8 Å². The monoisotopic (exact) mass is 266 g/mol. The lowest BCUT2D eigenvalue weighted by Gasteiger charge is -2.30. The highest BCUT2D eigenvalue weighted by molar-refractivity contribution is 5.17. The Balaban J connectivity index is 1.89. The molecule has 1 aromatic heterocycles. The predicted molar refractivity (Wildman–Crippen MR) is 76.0 cm³/mol. The number of rotatable bonds is 6. The van der Waals surface area contributed by atoms with Crippen LogP contribution in [-0.4, -0.2) is 37.2 Å². The molecule has 0 amide bonds. The number of ether oxygens (including phenoxy) is 1. The van der Waals surface area contributed by atoms with E-state index in [-0.39, 0.29) is 0 Å². The van der Waals surface area contributed by atoms with Gasteiger partial charge in [0.2, 0.25) is 0 Å². The highest BCUT2D eigenvalue weighted by Gasteiger charge is 2.20. The van der Waals surface area contributed by atoms with Gasteiger partial charge in [-0.1, -0.05) is 13.8 Å². The lowest BCUT2D eigenvalue weighted by Crippen LogP contribution is -2.36. The van der Waals surface area contributed by atoms with Crippen LogP contribution in [0.15, 0.2) is 16.7 Å². The molecule has 0 bridgehead atoms. The topological polar surface area (TPSA) is 37.6 Å². The van der Waals surface area contributed by atoms with Crippen LogP contribution in [0.25, 0.3) is 0 Å². The van der Waals surface area contributed by atoms with Crippen LogP contribution < -0.4 is 5.32 Å². The zero-order valence-electron chi connectivity index (χ0n) is 12.3. The van der Waals surface area contributed by atoms with E-state index in [1.807, 2.05) is 0 Å². The molecule has 1 aliphatic rings. The first-order chi connectivity index (χ1) is 9.16. The first kappa shape index (κ1) is 14.6. The third-order valence-electron chi connectivity index (χ3n) is 3.75. The fraction of sp³-hybridized carbons (Fsp3) is 0.733. The highest BCUT2D eigenvalue weighted by atomic mass is 16.5. The van der Waals surface area contributed by atoms with Crippen LogP contribution in [0.4, 0.5) is 0 Å². The van der Waals surface area contributed by atoms with Gasteiger partial charge in [0.25, 0.3) is 0 Å². The maximum atomic E-state index is 5.65. The van der Waals surface area contributed by atoms with E-state index in [1.165, 1.54) is 5.56 Å². The van der Waals surface area contributed by atoms with E-state index < -0.39 is 0 Å². The number of hydrogen-bond donors (Lipinski definition) is 1. The van der Waals surface area contributed by atoms with Crippen molar-refractivity contribution >= 4 is 0 Å². The summed E-state index contributed by atoms with van der Waals surface area (Å²) in [6.45, 7) is 7.85. The molecule has 2 heterocycles. The Morgan fingerprint density at radius 1 is 1.37 bits per heavy atom. The number of furan rings is 1. The van der Waals surface area contributed by atoms with E-state index in [0.717, 1.165) is 44.9 Å². The quantitative estimate of drug-likeness (QED) is 0.858.